The molecule has 3 rings (SSSR count). The molecule has 3 amide bonds. The molecule has 1 aromatic carbocycles. The highest BCUT2D eigenvalue weighted by Gasteiger charge is 2.22. The first-order valence-corrected chi connectivity index (χ1v) is 10.6. The van der Waals surface area contributed by atoms with Crippen molar-refractivity contribution < 1.29 is 19.1 Å². The number of urea groups is 1. The maximum Gasteiger partial charge on any atom is 0.319 e. The molecular formula is C19H24ClN5O4S. The van der Waals surface area contributed by atoms with Gasteiger partial charge in [-0.3, -0.25) is 15.0 Å². The summed E-state index contributed by atoms with van der Waals surface area (Å²) in [5, 5.41) is 6.18. The molecule has 1 aliphatic rings. The lowest BCUT2D eigenvalue weighted by atomic mass is 10.2. The Morgan fingerprint density at radius 1 is 1.37 bits per heavy atom. The number of aromatic nitrogens is 1. The second-order valence-electron chi connectivity index (χ2n) is 6.77. The zero-order valence-corrected chi connectivity index (χ0v) is 18.1. The molecule has 0 aliphatic carbocycles. The molecule has 1 aromatic heterocycles. The number of nitrogens with two attached hydrogens (primary N) is 1. The van der Waals surface area contributed by atoms with Crippen molar-refractivity contribution in [2.45, 2.75) is 13.5 Å². The molecule has 1 saturated heterocycles. The molecule has 2 heterocycles. The van der Waals surface area contributed by atoms with Crippen LogP contribution in [0.25, 0.3) is 0 Å². The Labute approximate surface area is 183 Å². The van der Waals surface area contributed by atoms with Crippen molar-refractivity contribution in [3.05, 3.63) is 39.9 Å². The third-order valence-corrected chi connectivity index (χ3v) is 5.62. The van der Waals surface area contributed by atoms with Gasteiger partial charge in [-0.2, -0.15) is 4.37 Å². The fraction of sp³-hybridized carbons (Fsp3) is 0.421. The van der Waals surface area contributed by atoms with Crippen LogP contribution in [-0.4, -0.2) is 60.6 Å². The first kappa shape index (κ1) is 22.3. The standard InChI is InChI=1S/C19H24ClN5O4S/c1-12-2-3-13(14(20)10-12)11-29-17-15(16(21)26)18(30-24-17)23-19(27)22-4-5-25-6-8-28-9-7-25/h2-3,10H,4-9,11H2,1H3,(H2,21,26)(H2,22,23,27). The highest BCUT2D eigenvalue weighted by atomic mass is 35.5. The van der Waals surface area contributed by atoms with Gasteiger partial charge >= 0.3 is 6.03 Å². The van der Waals surface area contributed by atoms with Crippen molar-refractivity contribution >= 4 is 40.1 Å². The number of hydrogen-bond donors (Lipinski definition) is 3. The predicted octanol–water partition coefficient (Wildman–Crippen LogP) is 2.24. The van der Waals surface area contributed by atoms with E-state index in [0.29, 0.717) is 31.3 Å². The number of primary amides is 1. The molecule has 0 saturated carbocycles. The van der Waals surface area contributed by atoms with Gasteiger partial charge in [0.15, 0.2) is 0 Å². The van der Waals surface area contributed by atoms with E-state index in [-0.39, 0.29) is 23.1 Å². The highest BCUT2D eigenvalue weighted by molar-refractivity contribution is 7.11. The quantitative estimate of drug-likeness (QED) is 0.564. The van der Waals surface area contributed by atoms with Crippen molar-refractivity contribution in [1.29, 1.82) is 0 Å². The predicted molar refractivity (Wildman–Crippen MR) is 115 cm³/mol. The van der Waals surface area contributed by atoms with Gasteiger partial charge in [-0.05, 0) is 30.1 Å². The van der Waals surface area contributed by atoms with Gasteiger partial charge in [-0.25, -0.2) is 4.79 Å². The van der Waals surface area contributed by atoms with Crippen LogP contribution in [0.3, 0.4) is 0 Å². The second-order valence-corrected chi connectivity index (χ2v) is 7.96. The van der Waals surface area contributed by atoms with Gasteiger partial charge in [-0.1, -0.05) is 23.7 Å². The van der Waals surface area contributed by atoms with Crippen LogP contribution in [0.5, 0.6) is 5.88 Å². The highest BCUT2D eigenvalue weighted by Crippen LogP contribution is 2.31. The number of halogens is 1. The minimum absolute atomic E-state index is 0.0339. The summed E-state index contributed by atoms with van der Waals surface area (Å²) in [6, 6.07) is 5.14. The Balaban J connectivity index is 1.56. The van der Waals surface area contributed by atoms with Crippen LogP contribution < -0.4 is 21.1 Å². The lowest BCUT2D eigenvalue weighted by Crippen LogP contribution is -2.42. The topological polar surface area (TPSA) is 119 Å². The number of ether oxygens (including phenoxy) is 2. The normalized spacial score (nSPS) is 14.3. The molecular weight excluding hydrogens is 430 g/mol. The van der Waals surface area contributed by atoms with Crippen LogP contribution in [0.2, 0.25) is 5.02 Å². The van der Waals surface area contributed by atoms with Crippen LogP contribution in [0.4, 0.5) is 9.80 Å². The van der Waals surface area contributed by atoms with E-state index in [2.05, 4.69) is 19.9 Å². The summed E-state index contributed by atoms with van der Waals surface area (Å²) >= 11 is 7.14. The molecule has 0 unspecified atom stereocenters. The maximum atomic E-state index is 12.2. The fourth-order valence-corrected chi connectivity index (χ4v) is 3.92. The lowest BCUT2D eigenvalue weighted by molar-refractivity contribution is 0.0388. The van der Waals surface area contributed by atoms with Gasteiger partial charge in [0.05, 0.1) is 13.2 Å². The Bertz CT molecular complexity index is 901. The van der Waals surface area contributed by atoms with Gasteiger partial charge in [0.2, 0.25) is 5.88 Å². The summed E-state index contributed by atoms with van der Waals surface area (Å²) in [5.74, 6) is -0.676. The number of benzene rings is 1. The van der Waals surface area contributed by atoms with Gasteiger partial charge in [0, 0.05) is 36.8 Å². The summed E-state index contributed by atoms with van der Waals surface area (Å²) in [6.07, 6.45) is 0. The average Bonchev–Trinajstić information content (AvgIpc) is 3.10. The number of nitrogens with one attached hydrogen (secondary N) is 2. The molecule has 4 N–H and O–H groups in total. The molecule has 162 valence electrons. The molecule has 30 heavy (non-hydrogen) atoms. The van der Waals surface area contributed by atoms with E-state index in [1.807, 2.05) is 25.1 Å². The molecule has 0 atom stereocenters. The van der Waals surface area contributed by atoms with Crippen molar-refractivity contribution in [2.24, 2.45) is 5.73 Å². The largest absolute Gasteiger partial charge is 0.472 e. The Morgan fingerprint density at radius 3 is 2.83 bits per heavy atom. The smallest absolute Gasteiger partial charge is 0.319 e. The number of carbonyl (C=O) groups is 2. The van der Waals surface area contributed by atoms with E-state index in [1.54, 1.807) is 0 Å². The minimum atomic E-state index is -0.739. The number of rotatable bonds is 8. The number of hydrogen-bond acceptors (Lipinski definition) is 7. The first-order valence-electron chi connectivity index (χ1n) is 9.46. The molecule has 0 spiro atoms. The van der Waals surface area contributed by atoms with Gasteiger partial charge < -0.3 is 20.5 Å². The van der Waals surface area contributed by atoms with E-state index in [9.17, 15) is 9.59 Å². The summed E-state index contributed by atoms with van der Waals surface area (Å²) in [4.78, 5) is 26.3. The van der Waals surface area contributed by atoms with Crippen molar-refractivity contribution in [3.8, 4) is 5.88 Å². The van der Waals surface area contributed by atoms with E-state index < -0.39 is 11.9 Å². The van der Waals surface area contributed by atoms with Crippen molar-refractivity contribution in [1.82, 2.24) is 14.6 Å². The fourth-order valence-electron chi connectivity index (χ4n) is 2.89. The zero-order chi connectivity index (χ0) is 21.5. The number of anilines is 1. The number of carbonyl (C=O) groups excluding carboxylic acids is 2. The minimum Gasteiger partial charge on any atom is -0.472 e. The number of amides is 3. The molecule has 0 radical (unpaired) electrons. The number of nitrogens with zero attached hydrogens (tertiary/aromatic N) is 2. The Kier molecular flexibility index (Phi) is 7.86. The van der Waals surface area contributed by atoms with Crippen molar-refractivity contribution in [2.75, 3.05) is 44.7 Å². The molecule has 1 aliphatic heterocycles. The van der Waals surface area contributed by atoms with Gasteiger partial charge in [-0.15, -0.1) is 0 Å². The van der Waals surface area contributed by atoms with Crippen LogP contribution in [-0.2, 0) is 11.3 Å². The van der Waals surface area contributed by atoms with Gasteiger partial charge in [0.25, 0.3) is 5.91 Å². The lowest BCUT2D eigenvalue weighted by Gasteiger charge is -2.26. The third kappa shape index (κ3) is 6.05. The third-order valence-electron chi connectivity index (χ3n) is 4.52. The molecule has 2 aromatic rings. The summed E-state index contributed by atoms with van der Waals surface area (Å²) in [5.41, 5.74) is 7.30. The molecule has 1 fully saturated rings. The van der Waals surface area contributed by atoms with Crippen LogP contribution in [0.1, 0.15) is 21.5 Å². The Hall–Kier alpha value is -2.40. The van der Waals surface area contributed by atoms with Crippen molar-refractivity contribution in [3.63, 3.8) is 0 Å². The summed E-state index contributed by atoms with van der Waals surface area (Å²) in [6.45, 7) is 6.32. The molecule has 9 nitrogen and oxygen atoms in total. The van der Waals surface area contributed by atoms with E-state index in [1.165, 1.54) is 0 Å². The monoisotopic (exact) mass is 453 g/mol. The van der Waals surface area contributed by atoms with E-state index in [0.717, 1.165) is 35.7 Å². The average molecular weight is 454 g/mol. The van der Waals surface area contributed by atoms with Crippen LogP contribution in [0.15, 0.2) is 18.2 Å². The molecule has 11 heteroatoms. The summed E-state index contributed by atoms with van der Waals surface area (Å²) < 4.78 is 15.1. The SMILES string of the molecule is Cc1ccc(COc2nsc(NC(=O)NCCN3CCOCC3)c2C(N)=O)c(Cl)c1. The maximum absolute atomic E-state index is 12.2. The number of aryl methyl sites for hydroxylation is 1. The van der Waals surface area contributed by atoms with E-state index >= 15 is 0 Å². The number of morpholine rings is 1. The zero-order valence-electron chi connectivity index (χ0n) is 16.6. The first-order chi connectivity index (χ1) is 14.4. The van der Waals surface area contributed by atoms with Crippen LogP contribution >= 0.6 is 23.1 Å². The van der Waals surface area contributed by atoms with Crippen LogP contribution in [0, 0.1) is 6.92 Å². The van der Waals surface area contributed by atoms with Gasteiger partial charge in [0.1, 0.15) is 17.2 Å². The molecule has 0 bridgehead atoms. The summed E-state index contributed by atoms with van der Waals surface area (Å²) in [7, 11) is 0. The second kappa shape index (κ2) is 10.6. The Morgan fingerprint density at radius 2 is 2.13 bits per heavy atom. The van der Waals surface area contributed by atoms with E-state index in [4.69, 9.17) is 26.8 Å².